The molecule has 1 aromatic heterocycles. The molecule has 3 aromatic rings. The largest absolute Gasteiger partial charge is 0.586 e. The van der Waals surface area contributed by atoms with Gasteiger partial charge < -0.3 is 24.5 Å². The molecular weight excluding hydrogens is 474 g/mol. The quantitative estimate of drug-likeness (QED) is 0.482. The zero-order valence-electron chi connectivity index (χ0n) is 19.9. The number of carboxylic acids is 1. The molecule has 36 heavy (non-hydrogen) atoms. The Morgan fingerprint density at radius 1 is 1.06 bits per heavy atom. The molecule has 0 spiro atoms. The molecule has 2 aliphatic rings. The zero-order valence-corrected chi connectivity index (χ0v) is 19.9. The van der Waals surface area contributed by atoms with Crippen LogP contribution in [0.4, 0.5) is 14.5 Å². The number of halogens is 2. The van der Waals surface area contributed by atoms with Crippen molar-refractivity contribution in [3.05, 3.63) is 53.7 Å². The van der Waals surface area contributed by atoms with Crippen molar-refractivity contribution in [1.82, 2.24) is 4.57 Å². The van der Waals surface area contributed by atoms with E-state index in [4.69, 9.17) is 0 Å². The number of rotatable bonds is 6. The first-order valence-electron chi connectivity index (χ1n) is 11.4. The number of ketones is 1. The van der Waals surface area contributed by atoms with E-state index in [-0.39, 0.29) is 24.0 Å². The van der Waals surface area contributed by atoms with E-state index >= 15 is 0 Å². The number of ether oxygens (including phenoxy) is 2. The highest BCUT2D eigenvalue weighted by atomic mass is 19.3. The highest BCUT2D eigenvalue weighted by Crippen LogP contribution is 2.53. The summed E-state index contributed by atoms with van der Waals surface area (Å²) in [4.78, 5) is 37.2. The number of aliphatic carboxylic acids is 1. The summed E-state index contributed by atoms with van der Waals surface area (Å²) in [6.45, 7) is 5.33. The predicted molar refractivity (Wildman–Crippen MR) is 125 cm³/mol. The van der Waals surface area contributed by atoms with Gasteiger partial charge in [-0.05, 0) is 36.6 Å². The van der Waals surface area contributed by atoms with Crippen molar-refractivity contribution in [2.45, 2.75) is 57.3 Å². The number of para-hydroxylation sites is 1. The number of carbonyl (C=O) groups is 3. The fourth-order valence-electron chi connectivity index (χ4n) is 4.84. The molecule has 2 heterocycles. The summed E-state index contributed by atoms with van der Waals surface area (Å²) in [5, 5.41) is 12.9. The molecule has 10 heteroatoms. The molecule has 0 radical (unpaired) electrons. The maximum atomic E-state index is 13.7. The van der Waals surface area contributed by atoms with Crippen LogP contribution in [0.1, 0.15) is 44.9 Å². The number of hydrogen-bond donors (Lipinski definition) is 2. The highest BCUT2D eigenvalue weighted by Gasteiger charge is 2.53. The summed E-state index contributed by atoms with van der Waals surface area (Å²) in [5.41, 5.74) is 0.727. The molecule has 1 amide bonds. The Labute approximate surface area is 204 Å². The molecule has 188 valence electrons. The monoisotopic (exact) mass is 498 g/mol. The van der Waals surface area contributed by atoms with Gasteiger partial charge in [0.25, 0.3) is 5.78 Å². The Morgan fingerprint density at radius 3 is 2.36 bits per heavy atom. The molecule has 0 atom stereocenters. The summed E-state index contributed by atoms with van der Waals surface area (Å²) in [7, 11) is 0. The van der Waals surface area contributed by atoms with Gasteiger partial charge >= 0.3 is 12.3 Å². The number of nitrogens with zero attached hydrogens (tertiary/aromatic N) is 1. The summed E-state index contributed by atoms with van der Waals surface area (Å²) in [6, 6.07) is 11.5. The van der Waals surface area contributed by atoms with Crippen LogP contribution in [-0.4, -0.2) is 33.6 Å². The van der Waals surface area contributed by atoms with Gasteiger partial charge in [-0.1, -0.05) is 45.0 Å². The SMILES string of the molecule is CC(C)(C)c1c(NC(=O)C2(c3ccc4c(c3)OC(F)(F)O4)CC2)c2ccccc2n1CC(=O)C(=O)O. The topological polar surface area (TPSA) is 107 Å². The van der Waals surface area contributed by atoms with Gasteiger partial charge in [-0.25, -0.2) is 4.79 Å². The van der Waals surface area contributed by atoms with Crippen molar-refractivity contribution in [2.75, 3.05) is 5.32 Å². The second-order valence-corrected chi connectivity index (χ2v) is 10.2. The number of anilines is 1. The number of amides is 1. The van der Waals surface area contributed by atoms with Crippen molar-refractivity contribution in [1.29, 1.82) is 0 Å². The maximum absolute atomic E-state index is 13.7. The lowest BCUT2D eigenvalue weighted by Gasteiger charge is -2.25. The normalized spacial score (nSPS) is 17.1. The van der Waals surface area contributed by atoms with Crippen molar-refractivity contribution < 1.29 is 37.7 Å². The van der Waals surface area contributed by atoms with E-state index in [9.17, 15) is 28.3 Å². The minimum atomic E-state index is -3.75. The first kappa shape index (κ1) is 23.8. The average molecular weight is 498 g/mol. The van der Waals surface area contributed by atoms with Crippen molar-refractivity contribution in [2.24, 2.45) is 0 Å². The van der Waals surface area contributed by atoms with Crippen LogP contribution in [0.3, 0.4) is 0 Å². The van der Waals surface area contributed by atoms with Crippen molar-refractivity contribution in [3.8, 4) is 11.5 Å². The first-order valence-corrected chi connectivity index (χ1v) is 11.4. The number of carboxylic acid groups (broad SMARTS) is 1. The number of benzene rings is 2. The molecule has 1 aliphatic carbocycles. The molecule has 0 unspecified atom stereocenters. The fourth-order valence-corrected chi connectivity index (χ4v) is 4.84. The summed E-state index contributed by atoms with van der Waals surface area (Å²) >= 11 is 0. The smallest absolute Gasteiger partial charge is 0.475 e. The molecule has 1 fully saturated rings. The van der Waals surface area contributed by atoms with E-state index in [1.165, 1.54) is 12.1 Å². The number of aromatic nitrogens is 1. The second kappa shape index (κ2) is 7.78. The molecule has 2 N–H and O–H groups in total. The number of fused-ring (bicyclic) bond motifs is 2. The summed E-state index contributed by atoms with van der Waals surface area (Å²) in [6.07, 6.45) is -2.73. The van der Waals surface area contributed by atoms with Crippen LogP contribution in [0.5, 0.6) is 11.5 Å². The first-order chi connectivity index (χ1) is 16.8. The lowest BCUT2D eigenvalue weighted by molar-refractivity contribution is -0.286. The molecule has 1 saturated carbocycles. The molecule has 2 aromatic carbocycles. The lowest BCUT2D eigenvalue weighted by Crippen LogP contribution is -2.30. The number of hydrogen-bond acceptors (Lipinski definition) is 5. The van der Waals surface area contributed by atoms with Gasteiger partial charge in [0.15, 0.2) is 11.5 Å². The third-order valence-corrected chi connectivity index (χ3v) is 6.60. The summed E-state index contributed by atoms with van der Waals surface area (Å²) in [5.74, 6) is -3.07. The number of carbonyl (C=O) groups excluding carboxylic acids is 2. The minimum Gasteiger partial charge on any atom is -0.475 e. The van der Waals surface area contributed by atoms with Gasteiger partial charge in [-0.2, -0.15) is 0 Å². The maximum Gasteiger partial charge on any atom is 0.586 e. The van der Waals surface area contributed by atoms with E-state index in [0.29, 0.717) is 40.7 Å². The van der Waals surface area contributed by atoms with Gasteiger partial charge in [0.05, 0.1) is 23.2 Å². The van der Waals surface area contributed by atoms with Crippen LogP contribution in [0.25, 0.3) is 10.9 Å². The van der Waals surface area contributed by atoms with E-state index in [0.717, 1.165) is 0 Å². The van der Waals surface area contributed by atoms with Crippen LogP contribution in [0.2, 0.25) is 0 Å². The van der Waals surface area contributed by atoms with Crippen LogP contribution in [0, 0.1) is 0 Å². The molecule has 0 saturated heterocycles. The Bertz CT molecular complexity index is 1430. The lowest BCUT2D eigenvalue weighted by atomic mass is 9.89. The standard InChI is InChI=1S/C26H24F2N2O6/c1-24(2,3)21-20(15-6-4-5-7-16(15)30(21)13-17(31)22(32)33)29-23(34)25(10-11-25)14-8-9-18-19(12-14)36-26(27,28)35-18/h4-9,12H,10-11,13H2,1-3H3,(H,29,34)(H,32,33). The van der Waals surface area contributed by atoms with Crippen LogP contribution < -0.4 is 14.8 Å². The van der Waals surface area contributed by atoms with Crippen molar-refractivity contribution in [3.63, 3.8) is 0 Å². The van der Waals surface area contributed by atoms with E-state index < -0.39 is 28.9 Å². The van der Waals surface area contributed by atoms with Crippen LogP contribution in [0.15, 0.2) is 42.5 Å². The minimum absolute atomic E-state index is 0.0962. The molecular formula is C26H24F2N2O6. The Balaban J connectivity index is 1.56. The predicted octanol–water partition coefficient (Wildman–Crippen LogP) is 4.58. The highest BCUT2D eigenvalue weighted by molar-refractivity contribution is 6.32. The molecule has 8 nitrogen and oxygen atoms in total. The van der Waals surface area contributed by atoms with E-state index in [2.05, 4.69) is 14.8 Å². The van der Waals surface area contributed by atoms with Gasteiger partial charge in [-0.15, -0.1) is 8.78 Å². The average Bonchev–Trinajstić information content (AvgIpc) is 3.46. The van der Waals surface area contributed by atoms with E-state index in [1.807, 2.05) is 20.8 Å². The molecule has 1 aliphatic heterocycles. The van der Waals surface area contributed by atoms with Crippen molar-refractivity contribution >= 4 is 34.3 Å². The van der Waals surface area contributed by atoms with Crippen LogP contribution in [-0.2, 0) is 31.8 Å². The van der Waals surface area contributed by atoms with Crippen LogP contribution >= 0.6 is 0 Å². The van der Waals surface area contributed by atoms with Gasteiger partial charge in [-0.3, -0.25) is 9.59 Å². The Kier molecular flexibility index (Phi) is 5.14. The Hall–Kier alpha value is -3.95. The van der Waals surface area contributed by atoms with E-state index in [1.54, 1.807) is 34.9 Å². The third-order valence-electron chi connectivity index (χ3n) is 6.60. The van der Waals surface area contributed by atoms with Gasteiger partial charge in [0.1, 0.15) is 0 Å². The molecule has 0 bridgehead atoms. The number of Topliss-reactive ketones (excluding diaryl/α,β-unsaturated/α-hetero) is 1. The number of alkyl halides is 2. The second-order valence-electron chi connectivity index (χ2n) is 10.2. The van der Waals surface area contributed by atoms with Gasteiger partial charge in [0.2, 0.25) is 5.91 Å². The van der Waals surface area contributed by atoms with Gasteiger partial charge in [0, 0.05) is 16.5 Å². The molecule has 5 rings (SSSR count). The third kappa shape index (κ3) is 3.86. The fraction of sp³-hybridized carbons (Fsp3) is 0.346. The zero-order chi connectivity index (χ0) is 26.0. The Morgan fingerprint density at radius 2 is 1.72 bits per heavy atom. The summed E-state index contributed by atoms with van der Waals surface area (Å²) < 4.78 is 37.6. The number of nitrogens with one attached hydrogen (secondary N) is 1.